The van der Waals surface area contributed by atoms with E-state index >= 15 is 0 Å². The number of carbonyl (C=O) groups is 1. The van der Waals surface area contributed by atoms with Gasteiger partial charge in [-0.1, -0.05) is 41.9 Å². The highest BCUT2D eigenvalue weighted by Crippen LogP contribution is 2.22. The van der Waals surface area contributed by atoms with E-state index in [1.54, 1.807) is 12.1 Å². The first-order valence-corrected chi connectivity index (χ1v) is 11.8. The van der Waals surface area contributed by atoms with Gasteiger partial charge in [0.2, 0.25) is 5.91 Å². The first-order valence-electron chi connectivity index (χ1n) is 11.4. The number of benzene rings is 2. The number of rotatable bonds is 7. The number of likely N-dealkylation sites (tertiary alicyclic amines) is 1. The van der Waals surface area contributed by atoms with E-state index in [2.05, 4.69) is 39.4 Å². The number of amides is 1. The summed E-state index contributed by atoms with van der Waals surface area (Å²) in [4.78, 5) is 17.3. The van der Waals surface area contributed by atoms with Crippen molar-refractivity contribution >= 4 is 17.5 Å². The molecule has 2 fully saturated rings. The first-order chi connectivity index (χ1) is 15.6. The Balaban J connectivity index is 1.21. The third-order valence-corrected chi connectivity index (χ3v) is 6.57. The average molecular weight is 460 g/mol. The van der Waals surface area contributed by atoms with E-state index in [0.717, 1.165) is 64.3 Å². The Morgan fingerprint density at radius 1 is 1.00 bits per heavy atom. The molecule has 1 N–H and O–H groups in total. The largest absolute Gasteiger partial charge is 0.379 e. The second kappa shape index (κ2) is 11.2. The Kier molecular flexibility index (Phi) is 8.14. The lowest BCUT2D eigenvalue weighted by molar-refractivity contribution is -0.126. The third-order valence-electron chi connectivity index (χ3n) is 6.34. The molecule has 2 aliphatic heterocycles. The summed E-state index contributed by atoms with van der Waals surface area (Å²) in [6.45, 7) is 7.10. The fraction of sp³-hybridized carbons (Fsp3) is 0.480. The number of morpholine rings is 1. The van der Waals surface area contributed by atoms with Gasteiger partial charge in [0.1, 0.15) is 5.82 Å². The van der Waals surface area contributed by atoms with Crippen LogP contribution in [-0.4, -0.2) is 55.1 Å². The van der Waals surface area contributed by atoms with Crippen LogP contribution in [0.4, 0.5) is 4.39 Å². The SMILES string of the molecule is O=C(NCc1cccc(CN2CCOCC2)c1)C1CCN(Cc2ccc(Cl)cc2F)CC1. The fourth-order valence-electron chi connectivity index (χ4n) is 4.43. The Labute approximate surface area is 194 Å². The summed E-state index contributed by atoms with van der Waals surface area (Å²) in [6.07, 6.45) is 1.58. The second-order valence-electron chi connectivity index (χ2n) is 8.71. The molecule has 0 aliphatic carbocycles. The van der Waals surface area contributed by atoms with Gasteiger partial charge in [-0.15, -0.1) is 0 Å². The van der Waals surface area contributed by atoms with Crippen LogP contribution in [0, 0.1) is 11.7 Å². The maximum Gasteiger partial charge on any atom is 0.223 e. The molecule has 2 aliphatic rings. The topological polar surface area (TPSA) is 44.8 Å². The minimum absolute atomic E-state index is 0.0119. The molecule has 0 aromatic heterocycles. The van der Waals surface area contributed by atoms with Crippen molar-refractivity contribution in [1.29, 1.82) is 0 Å². The lowest BCUT2D eigenvalue weighted by Gasteiger charge is -2.31. The van der Waals surface area contributed by atoms with Gasteiger partial charge in [0.05, 0.1) is 13.2 Å². The smallest absolute Gasteiger partial charge is 0.223 e. The van der Waals surface area contributed by atoms with Crippen molar-refractivity contribution in [2.45, 2.75) is 32.5 Å². The molecule has 5 nitrogen and oxygen atoms in total. The van der Waals surface area contributed by atoms with E-state index in [1.807, 2.05) is 0 Å². The summed E-state index contributed by atoms with van der Waals surface area (Å²) in [5.41, 5.74) is 3.04. The Hall–Kier alpha value is -1.99. The molecule has 2 aromatic rings. The minimum Gasteiger partial charge on any atom is -0.379 e. The van der Waals surface area contributed by atoms with Gasteiger partial charge in [-0.3, -0.25) is 14.6 Å². The molecule has 1 amide bonds. The van der Waals surface area contributed by atoms with Crippen LogP contribution in [0.15, 0.2) is 42.5 Å². The minimum atomic E-state index is -0.270. The maximum absolute atomic E-state index is 14.0. The highest BCUT2D eigenvalue weighted by molar-refractivity contribution is 6.30. The van der Waals surface area contributed by atoms with E-state index in [9.17, 15) is 9.18 Å². The van der Waals surface area contributed by atoms with Crippen molar-refractivity contribution in [1.82, 2.24) is 15.1 Å². The lowest BCUT2D eigenvalue weighted by atomic mass is 9.95. The number of hydrogen-bond donors (Lipinski definition) is 1. The summed E-state index contributed by atoms with van der Waals surface area (Å²) >= 11 is 5.84. The van der Waals surface area contributed by atoms with Crippen LogP contribution in [0.1, 0.15) is 29.5 Å². The molecular weight excluding hydrogens is 429 g/mol. The number of carbonyl (C=O) groups excluding carboxylic acids is 1. The summed E-state index contributed by atoms with van der Waals surface area (Å²) in [5, 5.41) is 3.52. The Morgan fingerprint density at radius 2 is 1.72 bits per heavy atom. The van der Waals surface area contributed by atoms with Crippen LogP contribution in [0.5, 0.6) is 0 Å². The van der Waals surface area contributed by atoms with E-state index < -0.39 is 0 Å². The monoisotopic (exact) mass is 459 g/mol. The van der Waals surface area contributed by atoms with E-state index in [0.29, 0.717) is 23.7 Å². The standard InChI is InChI=1S/C25H31ClFN3O2/c26-23-5-4-22(24(27)15-23)18-29-8-6-21(7-9-29)25(31)28-16-19-2-1-3-20(14-19)17-30-10-12-32-13-11-30/h1-5,14-15,21H,6-13,16-18H2,(H,28,31). The summed E-state index contributed by atoms with van der Waals surface area (Å²) < 4.78 is 19.5. The molecule has 0 radical (unpaired) electrons. The van der Waals surface area contributed by atoms with Gasteiger partial charge in [0, 0.05) is 49.2 Å². The number of piperidine rings is 1. The molecule has 0 bridgehead atoms. The molecule has 0 saturated carbocycles. The summed E-state index contributed by atoms with van der Waals surface area (Å²) in [6, 6.07) is 13.3. The molecule has 0 unspecified atom stereocenters. The van der Waals surface area contributed by atoms with Gasteiger partial charge in [-0.2, -0.15) is 0 Å². The Bertz CT molecular complexity index is 912. The molecule has 2 heterocycles. The summed E-state index contributed by atoms with van der Waals surface area (Å²) in [5.74, 6) is -0.146. The molecule has 2 saturated heterocycles. The highest BCUT2D eigenvalue weighted by atomic mass is 35.5. The number of ether oxygens (including phenoxy) is 1. The summed E-state index contributed by atoms with van der Waals surface area (Å²) in [7, 11) is 0. The normalized spacial score (nSPS) is 18.6. The van der Waals surface area contributed by atoms with Crippen molar-refractivity contribution < 1.29 is 13.9 Å². The number of halogens is 2. The zero-order valence-electron chi connectivity index (χ0n) is 18.4. The predicted octanol–water partition coefficient (Wildman–Crippen LogP) is 3.84. The molecule has 4 rings (SSSR count). The zero-order chi connectivity index (χ0) is 22.3. The van der Waals surface area contributed by atoms with Crippen LogP contribution in [0.2, 0.25) is 5.02 Å². The van der Waals surface area contributed by atoms with Crippen LogP contribution in [0.25, 0.3) is 0 Å². The van der Waals surface area contributed by atoms with E-state index in [-0.39, 0.29) is 17.6 Å². The zero-order valence-corrected chi connectivity index (χ0v) is 19.1. The van der Waals surface area contributed by atoms with Crippen molar-refractivity contribution in [3.8, 4) is 0 Å². The van der Waals surface area contributed by atoms with Crippen molar-refractivity contribution in [3.63, 3.8) is 0 Å². The number of nitrogens with one attached hydrogen (secondary N) is 1. The number of nitrogens with zero attached hydrogens (tertiary/aromatic N) is 2. The molecule has 0 spiro atoms. The number of hydrogen-bond acceptors (Lipinski definition) is 4. The second-order valence-corrected chi connectivity index (χ2v) is 9.15. The van der Waals surface area contributed by atoms with Gasteiger partial charge in [-0.25, -0.2) is 4.39 Å². The van der Waals surface area contributed by atoms with Gasteiger partial charge >= 0.3 is 0 Å². The van der Waals surface area contributed by atoms with Crippen LogP contribution >= 0.6 is 11.6 Å². The molecule has 0 atom stereocenters. The van der Waals surface area contributed by atoms with Crippen molar-refractivity contribution in [2.75, 3.05) is 39.4 Å². The van der Waals surface area contributed by atoms with Crippen LogP contribution in [-0.2, 0) is 29.2 Å². The molecular formula is C25H31ClFN3O2. The van der Waals surface area contributed by atoms with Gasteiger partial charge in [0.15, 0.2) is 0 Å². The lowest BCUT2D eigenvalue weighted by Crippen LogP contribution is -2.40. The maximum atomic E-state index is 14.0. The molecule has 7 heteroatoms. The van der Waals surface area contributed by atoms with Crippen molar-refractivity contribution in [3.05, 3.63) is 70.0 Å². The quantitative estimate of drug-likeness (QED) is 0.683. The van der Waals surface area contributed by atoms with Crippen molar-refractivity contribution in [2.24, 2.45) is 5.92 Å². The fourth-order valence-corrected chi connectivity index (χ4v) is 4.59. The predicted molar refractivity (Wildman–Crippen MR) is 124 cm³/mol. The third kappa shape index (κ3) is 6.51. The van der Waals surface area contributed by atoms with Gasteiger partial charge in [-0.05, 0) is 49.2 Å². The van der Waals surface area contributed by atoms with E-state index in [4.69, 9.17) is 16.3 Å². The average Bonchev–Trinajstić information content (AvgIpc) is 2.81. The van der Waals surface area contributed by atoms with Gasteiger partial charge < -0.3 is 10.1 Å². The van der Waals surface area contributed by atoms with Gasteiger partial charge in [0.25, 0.3) is 0 Å². The molecule has 2 aromatic carbocycles. The molecule has 32 heavy (non-hydrogen) atoms. The van der Waals surface area contributed by atoms with Crippen LogP contribution in [0.3, 0.4) is 0 Å². The van der Waals surface area contributed by atoms with E-state index in [1.165, 1.54) is 11.6 Å². The Morgan fingerprint density at radius 3 is 2.47 bits per heavy atom. The first kappa shape index (κ1) is 23.2. The van der Waals surface area contributed by atoms with Crippen LogP contribution < -0.4 is 5.32 Å². The molecule has 172 valence electrons. The highest BCUT2D eigenvalue weighted by Gasteiger charge is 2.25.